The number of rotatable bonds is 17. The highest BCUT2D eigenvalue weighted by Gasteiger charge is 2.23. The second-order valence-electron chi connectivity index (χ2n) is 9.60. The zero-order chi connectivity index (χ0) is 21.3. The predicted molar refractivity (Wildman–Crippen MR) is 129 cm³/mol. The maximum Gasteiger partial charge on any atom is 0.0594 e. The van der Waals surface area contributed by atoms with Crippen LogP contribution in [0, 0.1) is 0 Å². The van der Waals surface area contributed by atoms with Gasteiger partial charge in [-0.1, -0.05) is 78.1 Å². The molecule has 2 rings (SSSR count). The van der Waals surface area contributed by atoms with Crippen molar-refractivity contribution in [2.24, 2.45) is 0 Å². The Morgan fingerprint density at radius 2 is 0.867 bits per heavy atom. The van der Waals surface area contributed by atoms with Crippen LogP contribution >= 0.6 is 0 Å². The highest BCUT2D eigenvalue weighted by molar-refractivity contribution is 4.72. The molecule has 0 bridgehead atoms. The summed E-state index contributed by atoms with van der Waals surface area (Å²) in [5.74, 6) is 0. The van der Waals surface area contributed by atoms with E-state index in [1.54, 1.807) is 0 Å². The molecule has 0 aliphatic carbocycles. The van der Waals surface area contributed by atoms with Crippen molar-refractivity contribution in [3.63, 3.8) is 0 Å². The molecular weight excluding hydrogens is 372 g/mol. The molecule has 2 fully saturated rings. The van der Waals surface area contributed by atoms with E-state index in [9.17, 15) is 0 Å². The van der Waals surface area contributed by atoms with Crippen LogP contribution in [0.2, 0.25) is 0 Å². The third kappa shape index (κ3) is 12.0. The van der Waals surface area contributed by atoms with Gasteiger partial charge in [0.25, 0.3) is 0 Å². The van der Waals surface area contributed by atoms with Gasteiger partial charge in [-0.25, -0.2) is 0 Å². The molecule has 0 aromatic rings. The van der Waals surface area contributed by atoms with Gasteiger partial charge in [0, 0.05) is 39.3 Å². The fraction of sp³-hybridized carbons (Fsp3) is 1.00. The van der Waals surface area contributed by atoms with Crippen LogP contribution in [-0.2, 0) is 4.74 Å². The molecule has 5 nitrogen and oxygen atoms in total. The molecule has 0 spiro atoms. The second kappa shape index (κ2) is 17.4. The lowest BCUT2D eigenvalue weighted by Gasteiger charge is -2.43. The van der Waals surface area contributed by atoms with E-state index >= 15 is 0 Å². The Morgan fingerprint density at radius 3 is 1.37 bits per heavy atom. The number of morpholine rings is 1. The van der Waals surface area contributed by atoms with Crippen LogP contribution in [-0.4, -0.2) is 92.1 Å². The zero-order valence-corrected chi connectivity index (χ0v) is 20.5. The third-order valence-corrected chi connectivity index (χ3v) is 6.69. The molecule has 2 aliphatic heterocycles. The van der Waals surface area contributed by atoms with Gasteiger partial charge in [0.05, 0.1) is 33.2 Å². The molecule has 2 aliphatic rings. The molecule has 5 heteroatoms. The lowest BCUT2D eigenvalue weighted by Crippen LogP contribution is -2.56. The summed E-state index contributed by atoms with van der Waals surface area (Å²) in [5.41, 5.74) is 0. The molecule has 0 atom stereocenters. The third-order valence-electron chi connectivity index (χ3n) is 6.69. The summed E-state index contributed by atoms with van der Waals surface area (Å²) in [6.07, 6.45) is 16.7. The van der Waals surface area contributed by atoms with Crippen molar-refractivity contribution in [2.75, 3.05) is 72.5 Å². The molecule has 0 aromatic heterocycles. The molecule has 0 saturated carbocycles. The molecule has 0 amide bonds. The Morgan fingerprint density at radius 1 is 0.467 bits per heavy atom. The van der Waals surface area contributed by atoms with Gasteiger partial charge in [-0.2, -0.15) is 0 Å². The van der Waals surface area contributed by atoms with E-state index in [1.807, 2.05) is 0 Å². The summed E-state index contributed by atoms with van der Waals surface area (Å²) in [5, 5.41) is 0. The molecule has 0 unspecified atom stereocenters. The lowest BCUT2D eigenvalue weighted by atomic mass is 10.1. The van der Waals surface area contributed by atoms with Crippen molar-refractivity contribution in [3.8, 4) is 0 Å². The Bertz CT molecular complexity index is 365. The van der Waals surface area contributed by atoms with Crippen LogP contribution in [0.4, 0.5) is 0 Å². The normalized spacial score (nSPS) is 20.2. The predicted octanol–water partition coefficient (Wildman–Crippen LogP) is 4.83. The molecule has 0 aromatic carbocycles. The van der Waals surface area contributed by atoms with Gasteiger partial charge < -0.3 is 4.74 Å². The Hall–Kier alpha value is -0.200. The Labute approximate surface area is 188 Å². The van der Waals surface area contributed by atoms with Gasteiger partial charge in [-0.05, 0) is 12.8 Å². The van der Waals surface area contributed by atoms with Crippen LogP contribution in [0.15, 0.2) is 0 Å². The van der Waals surface area contributed by atoms with Crippen LogP contribution in [0.1, 0.15) is 90.9 Å². The van der Waals surface area contributed by atoms with Crippen LogP contribution in [0.25, 0.3) is 0 Å². The molecule has 178 valence electrons. The second-order valence-corrected chi connectivity index (χ2v) is 9.60. The molecule has 2 saturated heterocycles. The van der Waals surface area contributed by atoms with Crippen LogP contribution < -0.4 is 0 Å². The van der Waals surface area contributed by atoms with Crippen molar-refractivity contribution in [1.82, 2.24) is 19.6 Å². The first kappa shape index (κ1) is 26.1. The smallest absolute Gasteiger partial charge is 0.0594 e. The maximum absolute atomic E-state index is 5.51. The first-order valence-electron chi connectivity index (χ1n) is 13.3. The minimum absolute atomic E-state index is 0.911. The Kier molecular flexibility index (Phi) is 15.1. The van der Waals surface area contributed by atoms with E-state index < -0.39 is 0 Å². The summed E-state index contributed by atoms with van der Waals surface area (Å²) in [7, 11) is 0. The molecule has 30 heavy (non-hydrogen) atoms. The van der Waals surface area contributed by atoms with Crippen molar-refractivity contribution < 1.29 is 4.74 Å². The average molecular weight is 425 g/mol. The SMILES string of the molecule is CCCCCCCCN1CN(CCCCCCCC)CN(CCN2CCOCC2)C1. The van der Waals surface area contributed by atoms with Gasteiger partial charge in [0.15, 0.2) is 0 Å². The van der Waals surface area contributed by atoms with Crippen LogP contribution in [0.3, 0.4) is 0 Å². The fourth-order valence-electron chi connectivity index (χ4n) is 4.75. The molecule has 0 radical (unpaired) electrons. The van der Waals surface area contributed by atoms with Gasteiger partial charge in [-0.15, -0.1) is 0 Å². The van der Waals surface area contributed by atoms with Crippen molar-refractivity contribution in [2.45, 2.75) is 90.9 Å². The fourth-order valence-corrected chi connectivity index (χ4v) is 4.75. The summed E-state index contributed by atoms with van der Waals surface area (Å²) < 4.78 is 5.51. The van der Waals surface area contributed by atoms with Gasteiger partial charge in [0.1, 0.15) is 0 Å². The van der Waals surface area contributed by atoms with Crippen molar-refractivity contribution >= 4 is 0 Å². The van der Waals surface area contributed by atoms with Gasteiger partial charge in [0.2, 0.25) is 0 Å². The summed E-state index contributed by atoms with van der Waals surface area (Å²) in [6.45, 7) is 17.1. The maximum atomic E-state index is 5.51. The highest BCUT2D eigenvalue weighted by atomic mass is 16.5. The number of ether oxygens (including phenoxy) is 1. The lowest BCUT2D eigenvalue weighted by molar-refractivity contribution is -0.0384. The summed E-state index contributed by atoms with van der Waals surface area (Å²) in [6, 6.07) is 0. The molecule has 2 heterocycles. The van der Waals surface area contributed by atoms with E-state index in [1.165, 1.54) is 110 Å². The molecular formula is C25H52N4O. The van der Waals surface area contributed by atoms with E-state index in [4.69, 9.17) is 4.74 Å². The number of unbranched alkanes of at least 4 members (excludes halogenated alkanes) is 10. The zero-order valence-electron chi connectivity index (χ0n) is 20.5. The van der Waals surface area contributed by atoms with E-state index in [2.05, 4.69) is 33.4 Å². The Balaban J connectivity index is 1.69. The summed E-state index contributed by atoms with van der Waals surface area (Å²) in [4.78, 5) is 10.7. The average Bonchev–Trinajstić information content (AvgIpc) is 2.78. The molecule has 0 N–H and O–H groups in total. The van der Waals surface area contributed by atoms with E-state index in [0.29, 0.717) is 0 Å². The summed E-state index contributed by atoms with van der Waals surface area (Å²) >= 11 is 0. The number of hydrogen-bond donors (Lipinski definition) is 0. The standard InChI is InChI=1S/C25H52N4O/c1-3-5-7-9-11-13-15-27-23-28(16-14-12-10-8-6-4-2)25-29(24-27)18-17-26-19-21-30-22-20-26/h3-25H2,1-2H3. The number of nitrogens with zero attached hydrogens (tertiary/aromatic N) is 4. The van der Waals surface area contributed by atoms with Crippen LogP contribution in [0.5, 0.6) is 0 Å². The van der Waals surface area contributed by atoms with Crippen molar-refractivity contribution in [3.05, 3.63) is 0 Å². The first-order valence-corrected chi connectivity index (χ1v) is 13.3. The van der Waals surface area contributed by atoms with Crippen molar-refractivity contribution in [1.29, 1.82) is 0 Å². The minimum Gasteiger partial charge on any atom is -0.379 e. The van der Waals surface area contributed by atoms with Gasteiger partial charge >= 0.3 is 0 Å². The largest absolute Gasteiger partial charge is 0.379 e. The monoisotopic (exact) mass is 424 g/mol. The van der Waals surface area contributed by atoms with Gasteiger partial charge in [-0.3, -0.25) is 19.6 Å². The highest BCUT2D eigenvalue weighted by Crippen LogP contribution is 2.13. The van der Waals surface area contributed by atoms with E-state index in [-0.39, 0.29) is 0 Å². The number of hydrogen-bond acceptors (Lipinski definition) is 5. The quantitative estimate of drug-likeness (QED) is 0.311. The topological polar surface area (TPSA) is 22.2 Å². The minimum atomic E-state index is 0.911. The first-order chi connectivity index (χ1) is 14.8. The van der Waals surface area contributed by atoms with E-state index in [0.717, 1.165) is 39.6 Å².